The van der Waals surface area contributed by atoms with E-state index in [2.05, 4.69) is 0 Å². The van der Waals surface area contributed by atoms with Gasteiger partial charge in [0.05, 0.1) is 38.9 Å². The number of methoxy groups -OCH3 is 2. The zero-order valence-electron chi connectivity index (χ0n) is 17.7. The molecule has 0 saturated carbocycles. The number of benzene rings is 1. The molecule has 1 aliphatic heterocycles. The lowest BCUT2D eigenvalue weighted by Gasteiger charge is -2.36. The molecule has 32 heavy (non-hydrogen) atoms. The largest absolute Gasteiger partial charge is 0.497 e. The molecule has 0 fully saturated rings. The fourth-order valence-electron chi connectivity index (χ4n) is 4.95. The first-order chi connectivity index (χ1) is 15.4. The second-order valence-electron chi connectivity index (χ2n) is 7.79. The topological polar surface area (TPSA) is 118 Å². The number of esters is 1. The van der Waals surface area contributed by atoms with Gasteiger partial charge in [-0.3, -0.25) is 19.7 Å². The smallest absolute Gasteiger partial charge is 0.321 e. The van der Waals surface area contributed by atoms with Crippen LogP contribution in [-0.2, 0) is 19.1 Å². The molecule has 9 nitrogen and oxygen atoms in total. The van der Waals surface area contributed by atoms with E-state index in [9.17, 15) is 19.7 Å². The third-order valence-electron chi connectivity index (χ3n) is 6.26. The molecule has 0 N–H and O–H groups in total. The van der Waals surface area contributed by atoms with Gasteiger partial charge in [0, 0.05) is 4.92 Å². The van der Waals surface area contributed by atoms with Crippen LogP contribution in [0.4, 0.5) is 0 Å². The lowest BCUT2D eigenvalue weighted by atomic mass is 9.62. The summed E-state index contributed by atoms with van der Waals surface area (Å²) in [6, 6.07) is 9.85. The second kappa shape index (κ2) is 8.49. The number of rotatable bonds is 7. The Morgan fingerprint density at radius 2 is 2.03 bits per heavy atom. The SMILES string of the molecule is COC(=O)[C@]1([C@@H](C[N+](=O)[O-])c2ccc(OC)cc2)C(=O)C2=C(CCCO2)[C@H]1c1ccco1. The van der Waals surface area contributed by atoms with Crippen LogP contribution in [0.25, 0.3) is 0 Å². The van der Waals surface area contributed by atoms with Gasteiger partial charge in [-0.1, -0.05) is 12.1 Å². The van der Waals surface area contributed by atoms with Crippen molar-refractivity contribution in [2.24, 2.45) is 5.41 Å². The van der Waals surface area contributed by atoms with Gasteiger partial charge in [0.15, 0.2) is 11.2 Å². The number of ether oxygens (including phenoxy) is 3. The van der Waals surface area contributed by atoms with E-state index in [0.717, 1.165) is 0 Å². The Morgan fingerprint density at radius 1 is 1.28 bits per heavy atom. The van der Waals surface area contributed by atoms with Crippen LogP contribution in [-0.4, -0.2) is 44.0 Å². The Morgan fingerprint density at radius 3 is 2.62 bits per heavy atom. The maximum absolute atomic E-state index is 13.9. The summed E-state index contributed by atoms with van der Waals surface area (Å²) in [6.07, 6.45) is 2.61. The van der Waals surface area contributed by atoms with E-state index in [-0.39, 0.29) is 5.76 Å². The van der Waals surface area contributed by atoms with E-state index in [1.807, 2.05) is 0 Å². The van der Waals surface area contributed by atoms with Gasteiger partial charge in [-0.25, -0.2) is 0 Å². The number of carbonyl (C=O) groups is 2. The number of Topliss-reactive ketones (excluding diaryl/α,β-unsaturated/α-hetero) is 1. The minimum absolute atomic E-state index is 0.0879. The van der Waals surface area contributed by atoms with Crippen molar-refractivity contribution in [2.45, 2.75) is 24.7 Å². The van der Waals surface area contributed by atoms with Crippen molar-refractivity contribution in [3.8, 4) is 5.75 Å². The molecule has 0 amide bonds. The van der Waals surface area contributed by atoms with Crippen LogP contribution in [0, 0.1) is 15.5 Å². The third-order valence-corrected chi connectivity index (χ3v) is 6.26. The van der Waals surface area contributed by atoms with E-state index in [1.54, 1.807) is 36.4 Å². The van der Waals surface area contributed by atoms with Crippen molar-refractivity contribution in [1.82, 2.24) is 0 Å². The predicted molar refractivity (Wildman–Crippen MR) is 111 cm³/mol. The number of ketones is 1. The average Bonchev–Trinajstić information content (AvgIpc) is 3.42. The molecule has 0 unspecified atom stereocenters. The lowest BCUT2D eigenvalue weighted by Crippen LogP contribution is -2.49. The van der Waals surface area contributed by atoms with Crippen molar-refractivity contribution in [1.29, 1.82) is 0 Å². The van der Waals surface area contributed by atoms with Gasteiger partial charge in [0.25, 0.3) is 0 Å². The number of hydrogen-bond donors (Lipinski definition) is 0. The Labute approximate surface area is 184 Å². The zero-order valence-corrected chi connectivity index (χ0v) is 17.7. The van der Waals surface area contributed by atoms with Crippen LogP contribution in [0.3, 0.4) is 0 Å². The minimum atomic E-state index is -1.94. The van der Waals surface area contributed by atoms with Crippen molar-refractivity contribution in [2.75, 3.05) is 27.4 Å². The van der Waals surface area contributed by atoms with Gasteiger partial charge in [-0.2, -0.15) is 0 Å². The van der Waals surface area contributed by atoms with Crippen molar-refractivity contribution >= 4 is 11.8 Å². The number of nitro groups is 1. The molecule has 2 heterocycles. The molecular weight excluding hydrogens is 418 g/mol. The van der Waals surface area contributed by atoms with Gasteiger partial charge in [-0.05, 0) is 48.2 Å². The zero-order chi connectivity index (χ0) is 22.9. The monoisotopic (exact) mass is 441 g/mol. The first-order valence-corrected chi connectivity index (χ1v) is 10.2. The standard InChI is InChI=1S/C23H23NO8/c1-29-15-9-7-14(8-10-15)17(13-24(27)28)23(22(26)30-2)19(18-6-4-11-31-18)16-5-3-12-32-20(16)21(23)25/h4,6-11,17,19H,3,5,12-13H2,1-2H3/t17-,19-,23-/m0/s1. The summed E-state index contributed by atoms with van der Waals surface area (Å²) in [6.45, 7) is -0.333. The molecule has 2 aliphatic rings. The maximum Gasteiger partial charge on any atom is 0.321 e. The highest BCUT2D eigenvalue weighted by atomic mass is 16.6. The molecule has 4 rings (SSSR count). The first-order valence-electron chi connectivity index (χ1n) is 10.2. The molecule has 0 radical (unpaired) electrons. The number of carbonyl (C=O) groups excluding carboxylic acids is 2. The van der Waals surface area contributed by atoms with Crippen LogP contribution in [0.5, 0.6) is 5.75 Å². The summed E-state index contributed by atoms with van der Waals surface area (Å²) in [5, 5.41) is 11.8. The highest BCUT2D eigenvalue weighted by Crippen LogP contribution is 2.60. The van der Waals surface area contributed by atoms with Crippen LogP contribution in [0.15, 0.2) is 58.4 Å². The second-order valence-corrected chi connectivity index (χ2v) is 7.79. The number of allylic oxidation sites excluding steroid dienone is 2. The fourth-order valence-corrected chi connectivity index (χ4v) is 4.95. The van der Waals surface area contributed by atoms with E-state index in [4.69, 9.17) is 18.6 Å². The van der Waals surface area contributed by atoms with Crippen LogP contribution in [0.1, 0.15) is 36.0 Å². The summed E-state index contributed by atoms with van der Waals surface area (Å²) in [5.41, 5.74) is -0.885. The lowest BCUT2D eigenvalue weighted by molar-refractivity contribution is -0.485. The van der Waals surface area contributed by atoms with E-state index >= 15 is 0 Å². The number of hydrogen-bond acceptors (Lipinski definition) is 8. The minimum Gasteiger partial charge on any atom is -0.497 e. The molecule has 168 valence electrons. The molecular formula is C23H23NO8. The molecule has 1 aromatic carbocycles. The van der Waals surface area contributed by atoms with Crippen LogP contribution >= 0.6 is 0 Å². The quantitative estimate of drug-likeness (QED) is 0.278. The molecule has 0 saturated heterocycles. The molecule has 0 spiro atoms. The fraction of sp³-hybridized carbons (Fsp3) is 0.391. The maximum atomic E-state index is 13.9. The molecule has 9 heteroatoms. The first kappa shape index (κ1) is 21.6. The van der Waals surface area contributed by atoms with Crippen molar-refractivity contribution in [3.05, 3.63) is 75.4 Å². The van der Waals surface area contributed by atoms with Crippen LogP contribution in [0.2, 0.25) is 0 Å². The van der Waals surface area contributed by atoms with Gasteiger partial charge in [0.1, 0.15) is 11.5 Å². The van der Waals surface area contributed by atoms with Crippen LogP contribution < -0.4 is 4.74 Å². The van der Waals surface area contributed by atoms with Crippen molar-refractivity contribution < 1.29 is 33.1 Å². The highest BCUT2D eigenvalue weighted by molar-refractivity contribution is 6.16. The summed E-state index contributed by atoms with van der Waals surface area (Å²) in [4.78, 5) is 38.7. The Kier molecular flexibility index (Phi) is 5.73. The van der Waals surface area contributed by atoms with Gasteiger partial charge in [0.2, 0.25) is 12.3 Å². The van der Waals surface area contributed by atoms with Gasteiger partial charge >= 0.3 is 5.97 Å². The van der Waals surface area contributed by atoms with E-state index in [0.29, 0.717) is 42.1 Å². The Balaban J connectivity index is 1.98. The summed E-state index contributed by atoms with van der Waals surface area (Å²) >= 11 is 0. The number of furan rings is 1. The van der Waals surface area contributed by atoms with Gasteiger partial charge < -0.3 is 18.6 Å². The Hall–Kier alpha value is -3.62. The summed E-state index contributed by atoms with van der Waals surface area (Å²) in [7, 11) is 2.67. The molecule has 1 aromatic heterocycles. The third kappa shape index (κ3) is 3.24. The molecule has 3 atom stereocenters. The van der Waals surface area contributed by atoms with E-state index in [1.165, 1.54) is 20.5 Å². The summed E-state index contributed by atoms with van der Waals surface area (Å²) < 4.78 is 21.7. The molecule has 1 aliphatic carbocycles. The molecule has 2 aromatic rings. The highest BCUT2D eigenvalue weighted by Gasteiger charge is 2.68. The predicted octanol–water partition coefficient (Wildman–Crippen LogP) is 3.24. The van der Waals surface area contributed by atoms with E-state index < -0.39 is 40.5 Å². The Bertz CT molecular complexity index is 1060. The number of nitrogens with zero attached hydrogens (tertiary/aromatic N) is 1. The van der Waals surface area contributed by atoms with Crippen molar-refractivity contribution in [3.63, 3.8) is 0 Å². The average molecular weight is 441 g/mol. The molecule has 0 bridgehead atoms. The summed E-state index contributed by atoms with van der Waals surface area (Å²) in [5.74, 6) is -2.48. The van der Waals surface area contributed by atoms with Gasteiger partial charge in [-0.15, -0.1) is 0 Å². The normalized spacial score (nSPS) is 23.3.